The van der Waals surface area contributed by atoms with Crippen LogP contribution in [0.4, 0.5) is 0 Å². The first-order valence-electron chi connectivity index (χ1n) is 7.16. The molecule has 0 spiro atoms. The fourth-order valence-electron chi connectivity index (χ4n) is 2.50. The molecule has 1 aromatic heterocycles. The van der Waals surface area contributed by atoms with E-state index >= 15 is 0 Å². The van der Waals surface area contributed by atoms with Gasteiger partial charge in [0.05, 0.1) is 36.4 Å². The summed E-state index contributed by atoms with van der Waals surface area (Å²) < 4.78 is 17.7. The summed E-state index contributed by atoms with van der Waals surface area (Å²) in [4.78, 5) is 24.3. The van der Waals surface area contributed by atoms with Gasteiger partial charge < -0.3 is 18.8 Å². The van der Waals surface area contributed by atoms with Crippen molar-refractivity contribution in [1.82, 2.24) is 4.57 Å². The van der Waals surface area contributed by atoms with E-state index < -0.39 is 11.9 Å². The third kappa shape index (κ3) is 3.44. The lowest BCUT2D eigenvalue weighted by Gasteiger charge is -2.09. The molecule has 0 unspecified atom stereocenters. The minimum Gasteiger partial charge on any atom is -0.496 e. The largest absolute Gasteiger partial charge is 0.496 e. The molecule has 2 rings (SSSR count). The van der Waals surface area contributed by atoms with Crippen molar-refractivity contribution in [2.45, 2.75) is 18.8 Å². The number of alkyl halides is 1. The van der Waals surface area contributed by atoms with Crippen LogP contribution in [0.25, 0.3) is 10.9 Å². The van der Waals surface area contributed by atoms with Gasteiger partial charge in [-0.15, -0.1) is 0 Å². The number of carbonyl (C=O) groups is 2. The van der Waals surface area contributed by atoms with Crippen molar-refractivity contribution in [2.24, 2.45) is 0 Å². The number of benzene rings is 1. The predicted octanol–water partition coefficient (Wildman–Crippen LogP) is 3.66. The van der Waals surface area contributed by atoms with Crippen molar-refractivity contribution >= 4 is 54.7 Å². The van der Waals surface area contributed by atoms with Crippen LogP contribution in [0.3, 0.4) is 0 Å². The van der Waals surface area contributed by atoms with E-state index in [1.165, 1.54) is 7.11 Å². The molecular weight excluding hydrogens is 446 g/mol. The summed E-state index contributed by atoms with van der Waals surface area (Å²) in [6.07, 6.45) is 0. The summed E-state index contributed by atoms with van der Waals surface area (Å²) in [5, 5.41) is 1.04. The van der Waals surface area contributed by atoms with Gasteiger partial charge >= 0.3 is 11.9 Å². The Morgan fingerprint density at radius 3 is 2.50 bits per heavy atom. The first-order chi connectivity index (χ1) is 11.5. The molecule has 0 saturated heterocycles. The van der Waals surface area contributed by atoms with E-state index in [2.05, 4.69) is 31.9 Å². The van der Waals surface area contributed by atoms with E-state index in [4.69, 9.17) is 14.2 Å². The van der Waals surface area contributed by atoms with Crippen LogP contribution >= 0.6 is 31.9 Å². The van der Waals surface area contributed by atoms with E-state index in [0.717, 1.165) is 4.47 Å². The van der Waals surface area contributed by atoms with Crippen LogP contribution in [0, 0.1) is 0 Å². The summed E-state index contributed by atoms with van der Waals surface area (Å²) in [6.45, 7) is 2.00. The molecule has 6 nitrogen and oxygen atoms in total. The third-order valence-electron chi connectivity index (χ3n) is 3.57. The smallest absolute Gasteiger partial charge is 0.340 e. The second kappa shape index (κ2) is 8.02. The normalized spacial score (nSPS) is 10.7. The first kappa shape index (κ1) is 18.8. The van der Waals surface area contributed by atoms with Crippen LogP contribution in [0.1, 0.15) is 23.0 Å². The zero-order valence-corrected chi connectivity index (χ0v) is 16.7. The molecule has 1 aromatic carbocycles. The maximum Gasteiger partial charge on any atom is 0.340 e. The number of fused-ring (bicyclic) bond motifs is 1. The molecule has 0 aliphatic rings. The Morgan fingerprint density at radius 1 is 1.25 bits per heavy atom. The second-order valence-corrected chi connectivity index (χ2v) is 6.26. The average Bonchev–Trinajstić information content (AvgIpc) is 2.86. The van der Waals surface area contributed by atoms with Crippen molar-refractivity contribution in [3.8, 4) is 5.75 Å². The highest BCUT2D eigenvalue weighted by Gasteiger charge is 2.25. The molecule has 130 valence electrons. The first-order valence-corrected chi connectivity index (χ1v) is 9.08. The number of hydrogen-bond donors (Lipinski definition) is 0. The lowest BCUT2D eigenvalue weighted by Crippen LogP contribution is -2.15. The molecule has 1 heterocycles. The van der Waals surface area contributed by atoms with Crippen molar-refractivity contribution in [3.63, 3.8) is 0 Å². The van der Waals surface area contributed by atoms with E-state index in [9.17, 15) is 9.59 Å². The van der Waals surface area contributed by atoms with E-state index in [1.54, 1.807) is 24.7 Å². The summed E-state index contributed by atoms with van der Waals surface area (Å²) in [6, 6.07) is 3.57. The molecule has 24 heavy (non-hydrogen) atoms. The number of methoxy groups -OCH3 is 2. The van der Waals surface area contributed by atoms with Crippen LogP contribution < -0.4 is 4.74 Å². The maximum atomic E-state index is 12.5. The number of aromatic nitrogens is 1. The molecule has 0 N–H and O–H groups in total. The quantitative estimate of drug-likeness (QED) is 0.484. The SMILES string of the molecule is CCOC(=O)c1c(CBr)n(CC(=O)OC)c2cc(Br)c(OC)cc12. The van der Waals surface area contributed by atoms with Gasteiger partial charge in [0.1, 0.15) is 12.3 Å². The van der Waals surface area contributed by atoms with E-state index in [0.29, 0.717) is 33.2 Å². The zero-order chi connectivity index (χ0) is 17.9. The third-order valence-corrected chi connectivity index (χ3v) is 4.72. The van der Waals surface area contributed by atoms with Gasteiger partial charge in [-0.1, -0.05) is 15.9 Å². The van der Waals surface area contributed by atoms with Crippen molar-refractivity contribution in [1.29, 1.82) is 0 Å². The van der Waals surface area contributed by atoms with Crippen LogP contribution in [-0.2, 0) is 26.1 Å². The van der Waals surface area contributed by atoms with Crippen molar-refractivity contribution < 1.29 is 23.8 Å². The van der Waals surface area contributed by atoms with Gasteiger partial charge in [0.2, 0.25) is 0 Å². The highest BCUT2D eigenvalue weighted by molar-refractivity contribution is 9.10. The van der Waals surface area contributed by atoms with Crippen LogP contribution in [0.2, 0.25) is 0 Å². The number of esters is 2. The number of carbonyl (C=O) groups excluding carboxylic acids is 2. The minimum atomic E-state index is -0.440. The predicted molar refractivity (Wildman–Crippen MR) is 96.8 cm³/mol. The molecule has 0 bridgehead atoms. The number of hydrogen-bond acceptors (Lipinski definition) is 5. The molecule has 0 aliphatic carbocycles. The minimum absolute atomic E-state index is 0.00783. The molecule has 0 atom stereocenters. The van der Waals surface area contributed by atoms with Crippen LogP contribution in [0.5, 0.6) is 5.75 Å². The Labute approximate surface area is 156 Å². The topological polar surface area (TPSA) is 66.8 Å². The number of halogens is 2. The van der Waals surface area contributed by atoms with Crippen LogP contribution in [-0.4, -0.2) is 37.3 Å². The van der Waals surface area contributed by atoms with Crippen molar-refractivity contribution in [3.05, 3.63) is 27.9 Å². The monoisotopic (exact) mass is 461 g/mol. The highest BCUT2D eigenvalue weighted by Crippen LogP contribution is 2.36. The second-order valence-electron chi connectivity index (χ2n) is 4.84. The van der Waals surface area contributed by atoms with Gasteiger partial charge in [0, 0.05) is 16.4 Å². The number of nitrogens with zero attached hydrogens (tertiary/aromatic N) is 1. The molecule has 0 radical (unpaired) electrons. The number of ether oxygens (including phenoxy) is 3. The molecule has 0 aliphatic heterocycles. The molecule has 0 fully saturated rings. The van der Waals surface area contributed by atoms with Gasteiger partial charge in [-0.3, -0.25) is 4.79 Å². The fourth-order valence-corrected chi connectivity index (χ4v) is 3.58. The zero-order valence-electron chi connectivity index (χ0n) is 13.5. The highest BCUT2D eigenvalue weighted by atomic mass is 79.9. The van der Waals surface area contributed by atoms with Gasteiger partial charge in [-0.2, -0.15) is 0 Å². The van der Waals surface area contributed by atoms with Gasteiger partial charge in [-0.25, -0.2) is 4.79 Å². The molecule has 2 aromatic rings. The Balaban J connectivity index is 2.80. The van der Waals surface area contributed by atoms with Gasteiger partial charge in [-0.05, 0) is 35.0 Å². The lowest BCUT2D eigenvalue weighted by molar-refractivity contribution is -0.141. The van der Waals surface area contributed by atoms with E-state index in [-0.39, 0.29) is 13.2 Å². The van der Waals surface area contributed by atoms with E-state index in [1.807, 2.05) is 6.07 Å². The Bertz CT molecular complexity index is 785. The standard InChI is InChI=1S/C16H17Br2NO5/c1-4-24-16(21)15-9-5-13(22-2)10(18)6-11(9)19(12(15)7-17)8-14(20)23-3/h5-6H,4,7-8H2,1-3H3. The molecule has 8 heteroatoms. The Kier molecular flexibility index (Phi) is 6.28. The van der Waals surface area contributed by atoms with Gasteiger partial charge in [0.15, 0.2) is 0 Å². The van der Waals surface area contributed by atoms with Crippen molar-refractivity contribution in [2.75, 3.05) is 20.8 Å². The lowest BCUT2D eigenvalue weighted by atomic mass is 10.1. The maximum absolute atomic E-state index is 12.5. The molecule has 0 saturated carbocycles. The average molecular weight is 463 g/mol. The molecular formula is C16H17Br2NO5. The summed E-state index contributed by atoms with van der Waals surface area (Å²) >= 11 is 6.84. The summed E-state index contributed by atoms with van der Waals surface area (Å²) in [5.41, 5.74) is 1.78. The van der Waals surface area contributed by atoms with Crippen LogP contribution in [0.15, 0.2) is 16.6 Å². The summed E-state index contributed by atoms with van der Waals surface area (Å²) in [5.74, 6) is -0.259. The summed E-state index contributed by atoms with van der Waals surface area (Å²) in [7, 11) is 2.87. The molecule has 0 amide bonds. The Hall–Kier alpha value is -1.54. The Morgan fingerprint density at radius 2 is 1.96 bits per heavy atom. The van der Waals surface area contributed by atoms with Gasteiger partial charge in [0.25, 0.3) is 0 Å². The number of rotatable bonds is 6. The fraction of sp³-hybridized carbons (Fsp3) is 0.375.